The molecule has 3 atom stereocenters. The van der Waals surface area contributed by atoms with E-state index in [4.69, 9.17) is 5.73 Å². The molecule has 2 aromatic rings. The number of anilines is 1. The summed E-state index contributed by atoms with van der Waals surface area (Å²) in [5, 5.41) is 5.86. The molecule has 0 saturated heterocycles. The first-order valence-electron chi connectivity index (χ1n) is 13.9. The van der Waals surface area contributed by atoms with Crippen LogP contribution in [-0.4, -0.2) is 47.8 Å². The Kier molecular flexibility index (Phi) is 12.1. The summed E-state index contributed by atoms with van der Waals surface area (Å²) in [5.74, 6) is -1.44. The molecule has 0 aromatic heterocycles. The van der Waals surface area contributed by atoms with Crippen molar-refractivity contribution in [2.75, 3.05) is 18.4 Å². The number of amides is 3. The van der Waals surface area contributed by atoms with Crippen molar-refractivity contribution in [2.45, 2.75) is 79.3 Å². The minimum Gasteiger partial charge on any atom is -0.348 e. The van der Waals surface area contributed by atoms with E-state index in [-0.39, 0.29) is 29.0 Å². The van der Waals surface area contributed by atoms with Crippen LogP contribution in [0.2, 0.25) is 0 Å². The molecule has 0 fully saturated rings. The van der Waals surface area contributed by atoms with Gasteiger partial charge in [0.1, 0.15) is 5.82 Å². The largest absolute Gasteiger partial charge is 0.348 e. The molecular weight excluding hydrogens is 495 g/mol. The average Bonchev–Trinajstić information content (AvgIpc) is 2.88. The van der Waals surface area contributed by atoms with Crippen molar-refractivity contribution >= 4 is 23.4 Å². The van der Waals surface area contributed by atoms with E-state index < -0.39 is 18.0 Å². The number of nitrogens with zero attached hydrogens (tertiary/aromatic N) is 1. The molecule has 0 unspecified atom stereocenters. The Morgan fingerprint density at radius 3 is 2.13 bits per heavy atom. The van der Waals surface area contributed by atoms with Crippen molar-refractivity contribution in [1.82, 2.24) is 10.2 Å². The van der Waals surface area contributed by atoms with Gasteiger partial charge in [-0.15, -0.1) is 0 Å². The Morgan fingerprint density at radius 1 is 0.974 bits per heavy atom. The van der Waals surface area contributed by atoms with Gasteiger partial charge in [0.25, 0.3) is 11.8 Å². The maximum Gasteiger partial charge on any atom is 0.253 e. The quantitative estimate of drug-likeness (QED) is 0.307. The second kappa shape index (κ2) is 14.8. The molecule has 214 valence electrons. The summed E-state index contributed by atoms with van der Waals surface area (Å²) >= 11 is 0. The van der Waals surface area contributed by atoms with Gasteiger partial charge in [-0.1, -0.05) is 47.6 Å². The van der Waals surface area contributed by atoms with Gasteiger partial charge in [-0.05, 0) is 73.6 Å². The molecule has 2 aromatic carbocycles. The van der Waals surface area contributed by atoms with Crippen LogP contribution in [-0.2, 0) is 4.79 Å². The van der Waals surface area contributed by atoms with Crippen LogP contribution in [0.1, 0.15) is 87.9 Å². The van der Waals surface area contributed by atoms with Crippen molar-refractivity contribution in [2.24, 2.45) is 17.1 Å². The molecular formula is C31H45FN4O3. The number of hydrogen-bond acceptors (Lipinski definition) is 4. The van der Waals surface area contributed by atoms with Crippen molar-refractivity contribution in [3.8, 4) is 0 Å². The zero-order chi connectivity index (χ0) is 29.2. The molecule has 0 spiro atoms. The highest BCUT2D eigenvalue weighted by Crippen LogP contribution is 2.24. The van der Waals surface area contributed by atoms with E-state index in [1.807, 2.05) is 18.7 Å². The first-order chi connectivity index (χ1) is 18.3. The van der Waals surface area contributed by atoms with Crippen LogP contribution in [0.5, 0.6) is 0 Å². The van der Waals surface area contributed by atoms with E-state index >= 15 is 0 Å². The van der Waals surface area contributed by atoms with E-state index in [2.05, 4.69) is 31.4 Å². The standard InChI is InChI=1S/C31H45FN4O3/c1-7-16-36(17-8-2)30(39)23-11-9-10-22(19-23)29(38)35-27(20-31(4,5)6)26(33)18-21(3)28(37)34-25-14-12-24(32)13-15-25/h9-15,19,21,26-27H,7-8,16-18,20,33H2,1-6H3,(H,34,37)(H,35,38)/t21-,26+,27+/m1/s1. The second-order valence-corrected chi connectivity index (χ2v) is 11.5. The zero-order valence-electron chi connectivity index (χ0n) is 24.2. The van der Waals surface area contributed by atoms with Crippen LogP contribution in [0.3, 0.4) is 0 Å². The molecule has 7 nitrogen and oxygen atoms in total. The molecule has 0 aliphatic rings. The second-order valence-electron chi connectivity index (χ2n) is 11.5. The summed E-state index contributed by atoms with van der Waals surface area (Å²) in [6.45, 7) is 13.4. The lowest BCUT2D eigenvalue weighted by Crippen LogP contribution is -2.50. The summed E-state index contributed by atoms with van der Waals surface area (Å²) in [7, 11) is 0. The van der Waals surface area contributed by atoms with Crippen molar-refractivity contribution in [3.63, 3.8) is 0 Å². The third-order valence-electron chi connectivity index (χ3n) is 6.50. The minimum absolute atomic E-state index is 0.0858. The van der Waals surface area contributed by atoms with Gasteiger partial charge in [-0.3, -0.25) is 14.4 Å². The Labute approximate surface area is 232 Å². The predicted octanol–water partition coefficient (Wildman–Crippen LogP) is 5.61. The third-order valence-corrected chi connectivity index (χ3v) is 6.50. The predicted molar refractivity (Wildman–Crippen MR) is 155 cm³/mol. The molecule has 0 aliphatic carbocycles. The zero-order valence-corrected chi connectivity index (χ0v) is 24.2. The first-order valence-corrected chi connectivity index (χ1v) is 13.9. The molecule has 0 heterocycles. The van der Waals surface area contributed by atoms with Crippen LogP contribution >= 0.6 is 0 Å². The number of nitrogens with two attached hydrogens (primary N) is 1. The highest BCUT2D eigenvalue weighted by atomic mass is 19.1. The lowest BCUT2D eigenvalue weighted by atomic mass is 9.83. The Bertz CT molecular complexity index is 1090. The highest BCUT2D eigenvalue weighted by molar-refractivity contribution is 5.99. The molecule has 2 rings (SSSR count). The molecule has 0 bridgehead atoms. The van der Waals surface area contributed by atoms with E-state index in [1.54, 1.807) is 31.2 Å². The summed E-state index contributed by atoms with van der Waals surface area (Å²) in [5.41, 5.74) is 7.83. The van der Waals surface area contributed by atoms with Crippen LogP contribution in [0.15, 0.2) is 48.5 Å². The topological polar surface area (TPSA) is 105 Å². The van der Waals surface area contributed by atoms with E-state index in [0.717, 1.165) is 12.8 Å². The van der Waals surface area contributed by atoms with Crippen molar-refractivity contribution < 1.29 is 18.8 Å². The number of halogens is 1. The van der Waals surface area contributed by atoms with Gasteiger partial charge in [-0.25, -0.2) is 4.39 Å². The van der Waals surface area contributed by atoms with Crippen LogP contribution in [0.4, 0.5) is 10.1 Å². The lowest BCUT2D eigenvalue weighted by Gasteiger charge is -2.32. The SMILES string of the molecule is CCCN(CCC)C(=O)c1cccc(C(=O)N[C@@H](CC(C)(C)C)[C@@H](N)C[C@@H](C)C(=O)Nc2ccc(F)cc2)c1. The van der Waals surface area contributed by atoms with Crippen molar-refractivity contribution in [3.05, 3.63) is 65.5 Å². The maximum absolute atomic E-state index is 13.3. The number of carbonyl (C=O) groups excluding carboxylic acids is 3. The molecule has 8 heteroatoms. The van der Waals surface area contributed by atoms with Gasteiger partial charge >= 0.3 is 0 Å². The number of benzene rings is 2. The average molecular weight is 541 g/mol. The highest BCUT2D eigenvalue weighted by Gasteiger charge is 2.29. The van der Waals surface area contributed by atoms with Gasteiger partial charge in [0, 0.05) is 47.9 Å². The van der Waals surface area contributed by atoms with E-state index in [9.17, 15) is 18.8 Å². The smallest absolute Gasteiger partial charge is 0.253 e. The van der Waals surface area contributed by atoms with Gasteiger partial charge in [0.05, 0.1) is 0 Å². The van der Waals surface area contributed by atoms with E-state index in [1.165, 1.54) is 24.3 Å². The van der Waals surface area contributed by atoms with E-state index in [0.29, 0.717) is 42.7 Å². The molecule has 0 radical (unpaired) electrons. The molecule has 3 amide bonds. The first kappa shape index (κ1) is 32.0. The number of hydrogen-bond donors (Lipinski definition) is 3. The summed E-state index contributed by atoms with van der Waals surface area (Å²) in [6, 6.07) is 11.5. The molecule has 39 heavy (non-hydrogen) atoms. The lowest BCUT2D eigenvalue weighted by molar-refractivity contribution is -0.119. The fourth-order valence-corrected chi connectivity index (χ4v) is 4.53. The number of nitrogens with one attached hydrogen (secondary N) is 2. The fraction of sp³-hybridized carbons (Fsp3) is 0.516. The van der Waals surface area contributed by atoms with Crippen LogP contribution in [0, 0.1) is 17.2 Å². The number of rotatable bonds is 13. The Hall–Kier alpha value is -3.26. The Morgan fingerprint density at radius 2 is 1.56 bits per heavy atom. The molecule has 0 aliphatic heterocycles. The monoisotopic (exact) mass is 540 g/mol. The van der Waals surface area contributed by atoms with Gasteiger partial charge in [-0.2, -0.15) is 0 Å². The maximum atomic E-state index is 13.3. The summed E-state index contributed by atoms with van der Waals surface area (Å²) in [4.78, 5) is 41.0. The normalized spacial score (nSPS) is 13.7. The Balaban J connectivity index is 2.14. The number of carbonyl (C=O) groups is 3. The summed E-state index contributed by atoms with van der Waals surface area (Å²) < 4.78 is 13.2. The van der Waals surface area contributed by atoms with Crippen LogP contribution in [0.25, 0.3) is 0 Å². The fourth-order valence-electron chi connectivity index (χ4n) is 4.53. The van der Waals surface area contributed by atoms with Crippen molar-refractivity contribution in [1.29, 1.82) is 0 Å². The minimum atomic E-state index is -0.489. The molecule has 0 saturated carbocycles. The summed E-state index contributed by atoms with van der Waals surface area (Å²) in [6.07, 6.45) is 2.67. The van der Waals surface area contributed by atoms with Gasteiger partial charge in [0.2, 0.25) is 5.91 Å². The van der Waals surface area contributed by atoms with Crippen LogP contribution < -0.4 is 16.4 Å². The molecule has 4 N–H and O–H groups in total. The third kappa shape index (κ3) is 10.4. The van der Waals surface area contributed by atoms with Gasteiger partial charge < -0.3 is 21.3 Å². The van der Waals surface area contributed by atoms with Gasteiger partial charge in [0.15, 0.2) is 0 Å².